The normalized spacial score (nSPS) is 9.77. The third kappa shape index (κ3) is 2.90. The molecule has 0 spiro atoms. The number of hydrogen-bond donors (Lipinski definition) is 0. The van der Waals surface area contributed by atoms with Gasteiger partial charge in [0.1, 0.15) is 5.82 Å². The molecule has 1 aromatic carbocycles. The van der Waals surface area contributed by atoms with Gasteiger partial charge >= 0.3 is 0 Å². The minimum absolute atomic E-state index is 0.203. The van der Waals surface area contributed by atoms with Crippen molar-refractivity contribution in [3.05, 3.63) is 42.2 Å². The average Bonchev–Trinajstić information content (AvgIpc) is 2.03. The first kappa shape index (κ1) is 9.78. The zero-order chi connectivity index (χ0) is 9.84. The summed E-state index contributed by atoms with van der Waals surface area (Å²) in [5.41, 5.74) is 1.94. The molecule has 1 aromatic rings. The molecule has 0 heterocycles. The van der Waals surface area contributed by atoms with E-state index in [1.807, 2.05) is 24.9 Å². The van der Waals surface area contributed by atoms with Crippen LogP contribution in [-0.2, 0) is 0 Å². The lowest BCUT2D eigenvalue weighted by Crippen LogP contribution is -2.18. The van der Waals surface area contributed by atoms with Crippen LogP contribution in [0.15, 0.2) is 36.4 Å². The second-order valence-corrected chi connectivity index (χ2v) is 3.29. The summed E-state index contributed by atoms with van der Waals surface area (Å²) in [5.74, 6) is -0.203. The molecule has 0 aliphatic rings. The minimum Gasteiger partial charge on any atom is -0.371 e. The van der Waals surface area contributed by atoms with Gasteiger partial charge in [0, 0.05) is 19.3 Å². The Balaban J connectivity index is 2.76. The molecule has 2 heteroatoms. The molecule has 0 saturated heterocycles. The first-order valence-electron chi connectivity index (χ1n) is 4.20. The van der Waals surface area contributed by atoms with Gasteiger partial charge in [-0.15, -0.1) is 0 Å². The van der Waals surface area contributed by atoms with E-state index < -0.39 is 0 Å². The van der Waals surface area contributed by atoms with Crippen LogP contribution < -0.4 is 4.90 Å². The molecule has 0 amide bonds. The van der Waals surface area contributed by atoms with Gasteiger partial charge in [-0.3, -0.25) is 0 Å². The topological polar surface area (TPSA) is 3.24 Å². The summed E-state index contributed by atoms with van der Waals surface area (Å²) in [7, 11) is 1.92. The average molecular weight is 179 g/mol. The quantitative estimate of drug-likeness (QED) is 0.645. The van der Waals surface area contributed by atoms with Gasteiger partial charge in [0.05, 0.1) is 0 Å². The van der Waals surface area contributed by atoms with Crippen molar-refractivity contribution in [3.8, 4) is 0 Å². The number of rotatable bonds is 3. The third-order valence-electron chi connectivity index (χ3n) is 1.76. The highest BCUT2D eigenvalue weighted by Gasteiger charge is 2.00. The summed E-state index contributed by atoms with van der Waals surface area (Å²) in [6.45, 7) is 6.52. The summed E-state index contributed by atoms with van der Waals surface area (Å²) < 4.78 is 12.8. The molecule has 0 bridgehead atoms. The Morgan fingerprint density at radius 2 is 2.23 bits per heavy atom. The highest BCUT2D eigenvalue weighted by molar-refractivity contribution is 5.46. The molecule has 0 aliphatic carbocycles. The Morgan fingerprint density at radius 3 is 2.77 bits per heavy atom. The maximum atomic E-state index is 12.8. The molecule has 1 nitrogen and oxygen atoms in total. The van der Waals surface area contributed by atoms with E-state index in [0.29, 0.717) is 0 Å². The van der Waals surface area contributed by atoms with E-state index in [0.717, 1.165) is 17.8 Å². The number of likely N-dealkylation sites (N-methyl/N-ethyl adjacent to an activating group) is 1. The molecule has 13 heavy (non-hydrogen) atoms. The van der Waals surface area contributed by atoms with Crippen molar-refractivity contribution in [3.63, 3.8) is 0 Å². The predicted octanol–water partition coefficient (Wildman–Crippen LogP) is 2.84. The first-order valence-corrected chi connectivity index (χ1v) is 4.20. The number of hydrogen-bond acceptors (Lipinski definition) is 1. The van der Waals surface area contributed by atoms with Gasteiger partial charge < -0.3 is 4.90 Å². The van der Waals surface area contributed by atoms with Crippen LogP contribution >= 0.6 is 0 Å². The van der Waals surface area contributed by atoms with Crippen molar-refractivity contribution in [2.75, 3.05) is 18.5 Å². The highest BCUT2D eigenvalue weighted by Crippen LogP contribution is 2.14. The molecule has 0 radical (unpaired) electrons. The van der Waals surface area contributed by atoms with Crippen molar-refractivity contribution in [2.24, 2.45) is 0 Å². The fourth-order valence-corrected chi connectivity index (χ4v) is 1.21. The summed E-state index contributed by atoms with van der Waals surface area (Å²) in [5, 5.41) is 0. The van der Waals surface area contributed by atoms with Gasteiger partial charge in [-0.1, -0.05) is 18.2 Å². The smallest absolute Gasteiger partial charge is 0.125 e. The Hall–Kier alpha value is -1.31. The number of halogens is 1. The van der Waals surface area contributed by atoms with Gasteiger partial charge in [0.25, 0.3) is 0 Å². The highest BCUT2D eigenvalue weighted by atomic mass is 19.1. The van der Waals surface area contributed by atoms with E-state index in [4.69, 9.17) is 0 Å². The zero-order valence-electron chi connectivity index (χ0n) is 8.05. The Kier molecular flexibility index (Phi) is 3.07. The summed E-state index contributed by atoms with van der Waals surface area (Å²) in [6, 6.07) is 6.55. The van der Waals surface area contributed by atoms with Crippen LogP contribution in [0.5, 0.6) is 0 Å². The van der Waals surface area contributed by atoms with E-state index in [1.54, 1.807) is 6.07 Å². The van der Waals surface area contributed by atoms with Crippen molar-refractivity contribution >= 4 is 5.69 Å². The van der Waals surface area contributed by atoms with Gasteiger partial charge in [0.2, 0.25) is 0 Å². The molecule has 0 N–H and O–H groups in total. The number of anilines is 1. The lowest BCUT2D eigenvalue weighted by molar-refractivity contribution is 0.627. The lowest BCUT2D eigenvalue weighted by atomic mass is 10.2. The van der Waals surface area contributed by atoms with Gasteiger partial charge in [-0.05, 0) is 25.1 Å². The fraction of sp³-hybridized carbons (Fsp3) is 0.273. The largest absolute Gasteiger partial charge is 0.371 e. The van der Waals surface area contributed by atoms with E-state index in [-0.39, 0.29) is 5.82 Å². The van der Waals surface area contributed by atoms with Crippen molar-refractivity contribution in [2.45, 2.75) is 6.92 Å². The summed E-state index contributed by atoms with van der Waals surface area (Å²) in [6.07, 6.45) is 0. The van der Waals surface area contributed by atoms with Crippen LogP contribution in [-0.4, -0.2) is 13.6 Å². The molecule has 0 saturated carbocycles. The second-order valence-electron chi connectivity index (χ2n) is 3.29. The lowest BCUT2D eigenvalue weighted by Gasteiger charge is -2.18. The third-order valence-corrected chi connectivity index (χ3v) is 1.76. The minimum atomic E-state index is -0.203. The summed E-state index contributed by atoms with van der Waals surface area (Å²) in [4.78, 5) is 1.96. The zero-order valence-corrected chi connectivity index (χ0v) is 8.05. The molecule has 0 aliphatic heterocycles. The maximum Gasteiger partial charge on any atom is 0.125 e. The van der Waals surface area contributed by atoms with Crippen LogP contribution in [0.25, 0.3) is 0 Å². The van der Waals surface area contributed by atoms with Gasteiger partial charge in [-0.2, -0.15) is 0 Å². The Morgan fingerprint density at radius 1 is 1.54 bits per heavy atom. The van der Waals surface area contributed by atoms with E-state index >= 15 is 0 Å². The molecule has 1 rings (SSSR count). The van der Waals surface area contributed by atoms with E-state index in [1.165, 1.54) is 12.1 Å². The van der Waals surface area contributed by atoms with E-state index in [9.17, 15) is 4.39 Å². The van der Waals surface area contributed by atoms with Crippen LogP contribution in [0, 0.1) is 5.82 Å². The van der Waals surface area contributed by atoms with Crippen molar-refractivity contribution in [1.29, 1.82) is 0 Å². The summed E-state index contributed by atoms with van der Waals surface area (Å²) >= 11 is 0. The van der Waals surface area contributed by atoms with Gasteiger partial charge in [-0.25, -0.2) is 4.39 Å². The number of nitrogens with zero attached hydrogens (tertiary/aromatic N) is 1. The molecule has 0 unspecified atom stereocenters. The number of benzene rings is 1. The van der Waals surface area contributed by atoms with E-state index in [2.05, 4.69) is 6.58 Å². The Labute approximate surface area is 78.5 Å². The molecular formula is C11H14FN. The van der Waals surface area contributed by atoms with Crippen LogP contribution in [0.4, 0.5) is 10.1 Å². The van der Waals surface area contributed by atoms with Gasteiger partial charge in [0.15, 0.2) is 0 Å². The molecule has 0 fully saturated rings. The van der Waals surface area contributed by atoms with Crippen LogP contribution in [0.1, 0.15) is 6.92 Å². The van der Waals surface area contributed by atoms with Crippen molar-refractivity contribution in [1.82, 2.24) is 0 Å². The molecular weight excluding hydrogens is 165 g/mol. The van der Waals surface area contributed by atoms with Crippen LogP contribution in [0.3, 0.4) is 0 Å². The molecule has 0 aromatic heterocycles. The SMILES string of the molecule is C=C(C)CN(C)c1cccc(F)c1. The molecule has 0 atom stereocenters. The predicted molar refractivity (Wildman–Crippen MR) is 54.5 cm³/mol. The second kappa shape index (κ2) is 4.08. The standard InChI is InChI=1S/C11H14FN/c1-9(2)8-13(3)11-6-4-5-10(12)7-11/h4-7H,1,8H2,2-3H3. The fourth-order valence-electron chi connectivity index (χ4n) is 1.21. The first-order chi connectivity index (χ1) is 6.09. The Bertz CT molecular complexity index is 307. The van der Waals surface area contributed by atoms with Crippen LogP contribution in [0.2, 0.25) is 0 Å². The van der Waals surface area contributed by atoms with Crippen molar-refractivity contribution < 1.29 is 4.39 Å². The molecule has 70 valence electrons. The monoisotopic (exact) mass is 179 g/mol. The maximum absolute atomic E-state index is 12.8.